The number of amides is 1. The maximum atomic E-state index is 12.9. The molecular weight excluding hydrogens is 503 g/mol. The highest BCUT2D eigenvalue weighted by Crippen LogP contribution is 2.32. The molecule has 0 unspecified atom stereocenters. The smallest absolute Gasteiger partial charge is 0.404 e. The van der Waals surface area contributed by atoms with Crippen molar-refractivity contribution in [1.82, 2.24) is 25.0 Å². The molecular formula is C21H24F3N7O2S2. The van der Waals surface area contributed by atoms with E-state index in [9.17, 15) is 18.0 Å². The first kappa shape index (κ1) is 25.3. The van der Waals surface area contributed by atoms with Crippen LogP contribution >= 0.6 is 22.7 Å². The number of aromatic nitrogens is 3. The molecule has 0 atom stereocenters. The average molecular weight is 528 g/mol. The number of hydrogen-bond donors (Lipinski definition) is 2. The minimum absolute atomic E-state index is 0.0836. The third-order valence-electron chi connectivity index (χ3n) is 5.25. The molecule has 4 rings (SSSR count). The van der Waals surface area contributed by atoms with Crippen LogP contribution < -0.4 is 15.4 Å². The molecule has 0 radical (unpaired) electrons. The highest BCUT2D eigenvalue weighted by molar-refractivity contribution is 7.22. The van der Waals surface area contributed by atoms with Gasteiger partial charge < -0.3 is 15.0 Å². The molecule has 35 heavy (non-hydrogen) atoms. The summed E-state index contributed by atoms with van der Waals surface area (Å²) in [6.07, 6.45) is -4.85. The number of hydrogen-bond acceptors (Lipinski definition) is 10. The van der Waals surface area contributed by atoms with Gasteiger partial charge in [-0.3, -0.25) is 15.0 Å². The summed E-state index contributed by atoms with van der Waals surface area (Å²) < 4.78 is 42.9. The number of piperazine rings is 1. The Hall–Kier alpha value is -2.81. The maximum absolute atomic E-state index is 12.9. The van der Waals surface area contributed by atoms with Crippen LogP contribution in [0, 0.1) is 6.92 Å². The number of alkyl halides is 3. The van der Waals surface area contributed by atoms with Crippen LogP contribution in [-0.2, 0) is 0 Å². The summed E-state index contributed by atoms with van der Waals surface area (Å²) in [6.45, 7) is 6.57. The molecule has 2 N–H and O–H groups in total. The largest absolute Gasteiger partial charge is 0.573 e. The summed E-state index contributed by atoms with van der Waals surface area (Å²) in [5, 5.41) is 17.1. The van der Waals surface area contributed by atoms with E-state index < -0.39 is 18.0 Å². The fourth-order valence-electron chi connectivity index (χ4n) is 3.42. The van der Waals surface area contributed by atoms with E-state index in [2.05, 4.69) is 47.4 Å². The molecule has 3 aromatic rings. The molecule has 3 heterocycles. The van der Waals surface area contributed by atoms with Crippen molar-refractivity contribution in [2.45, 2.75) is 13.3 Å². The van der Waals surface area contributed by atoms with Crippen molar-refractivity contribution >= 4 is 39.4 Å². The summed E-state index contributed by atoms with van der Waals surface area (Å²) in [6, 6.07) is 3.74. The topological polar surface area (TPSA) is 95.5 Å². The van der Waals surface area contributed by atoms with Crippen LogP contribution in [0.25, 0.3) is 10.0 Å². The molecule has 1 amide bonds. The van der Waals surface area contributed by atoms with Gasteiger partial charge in [-0.2, -0.15) is 0 Å². The van der Waals surface area contributed by atoms with E-state index in [0.717, 1.165) is 49.3 Å². The SMILES string of the molecule is Cc1csc(-c2nnc(NC(=O)c3ccc(OC(F)(F)F)c(NCCN4CCN(C)CC4)c3)s2)n1. The van der Waals surface area contributed by atoms with Gasteiger partial charge in [-0.1, -0.05) is 11.3 Å². The number of carbonyl (C=O) groups excluding carboxylic acids is 1. The fourth-order valence-corrected chi connectivity index (χ4v) is 4.99. The van der Waals surface area contributed by atoms with Crippen molar-refractivity contribution in [2.75, 3.05) is 56.9 Å². The summed E-state index contributed by atoms with van der Waals surface area (Å²) in [5.41, 5.74) is 1.10. The van der Waals surface area contributed by atoms with E-state index in [0.29, 0.717) is 23.1 Å². The van der Waals surface area contributed by atoms with Crippen LogP contribution in [0.3, 0.4) is 0 Å². The number of nitrogens with one attached hydrogen (secondary N) is 2. The number of rotatable bonds is 8. The molecule has 0 spiro atoms. The third-order valence-corrected chi connectivity index (χ3v) is 7.20. The number of likely N-dealkylation sites (N-methyl/N-ethyl adjacent to an activating group) is 1. The lowest BCUT2D eigenvalue weighted by atomic mass is 10.1. The summed E-state index contributed by atoms with van der Waals surface area (Å²) in [4.78, 5) is 21.6. The summed E-state index contributed by atoms with van der Waals surface area (Å²) in [5.74, 6) is -0.923. The van der Waals surface area contributed by atoms with Crippen molar-refractivity contribution in [1.29, 1.82) is 0 Å². The lowest BCUT2D eigenvalue weighted by Gasteiger charge is -2.32. The predicted molar refractivity (Wildman–Crippen MR) is 129 cm³/mol. The molecule has 1 aliphatic rings. The first-order valence-corrected chi connectivity index (χ1v) is 12.5. The quantitative estimate of drug-likeness (QED) is 0.457. The second-order valence-electron chi connectivity index (χ2n) is 7.99. The lowest BCUT2D eigenvalue weighted by Crippen LogP contribution is -2.45. The highest BCUT2D eigenvalue weighted by atomic mass is 32.1. The Balaban J connectivity index is 1.44. The second-order valence-corrected chi connectivity index (χ2v) is 9.83. The number of aryl methyl sites for hydroxylation is 1. The van der Waals surface area contributed by atoms with Gasteiger partial charge in [-0.15, -0.1) is 34.7 Å². The number of carbonyl (C=O) groups is 1. The van der Waals surface area contributed by atoms with Gasteiger partial charge in [0.25, 0.3) is 5.91 Å². The second kappa shape index (κ2) is 10.8. The van der Waals surface area contributed by atoms with Crippen LogP contribution in [0.5, 0.6) is 5.75 Å². The number of halogens is 3. The van der Waals surface area contributed by atoms with Crippen molar-refractivity contribution in [2.24, 2.45) is 0 Å². The normalized spacial score (nSPS) is 15.2. The number of benzene rings is 1. The van der Waals surface area contributed by atoms with Crippen LogP contribution in [0.1, 0.15) is 16.1 Å². The van der Waals surface area contributed by atoms with Gasteiger partial charge in [0.2, 0.25) is 5.13 Å². The number of anilines is 2. The highest BCUT2D eigenvalue weighted by Gasteiger charge is 2.32. The zero-order valence-electron chi connectivity index (χ0n) is 19.1. The van der Waals surface area contributed by atoms with E-state index >= 15 is 0 Å². The minimum Gasteiger partial charge on any atom is -0.404 e. The van der Waals surface area contributed by atoms with Crippen LogP contribution in [0.15, 0.2) is 23.6 Å². The Morgan fingerprint density at radius 1 is 1.17 bits per heavy atom. The van der Waals surface area contributed by atoms with Crippen molar-refractivity contribution in [3.8, 4) is 15.8 Å². The zero-order chi connectivity index (χ0) is 25.0. The Kier molecular flexibility index (Phi) is 7.84. The standard InChI is InChI=1S/C21H24F3N7O2S2/c1-13-12-34-18(26-13)19-28-29-20(35-19)27-17(32)14-3-4-16(33-21(22,23)24)15(11-14)25-5-6-31-9-7-30(2)8-10-31/h3-4,11-12,25H,5-10H2,1-2H3,(H,27,29,32). The van der Waals surface area contributed by atoms with Gasteiger partial charge in [-0.25, -0.2) is 4.98 Å². The maximum Gasteiger partial charge on any atom is 0.573 e. The van der Waals surface area contributed by atoms with E-state index in [4.69, 9.17) is 0 Å². The molecule has 1 aromatic carbocycles. The average Bonchev–Trinajstić information content (AvgIpc) is 3.44. The van der Waals surface area contributed by atoms with E-state index in [1.807, 2.05) is 12.3 Å². The molecule has 0 aliphatic carbocycles. The van der Waals surface area contributed by atoms with Gasteiger partial charge in [-0.05, 0) is 32.2 Å². The van der Waals surface area contributed by atoms with Crippen molar-refractivity contribution in [3.05, 3.63) is 34.8 Å². The lowest BCUT2D eigenvalue weighted by molar-refractivity contribution is -0.274. The van der Waals surface area contributed by atoms with Crippen molar-refractivity contribution in [3.63, 3.8) is 0 Å². The summed E-state index contributed by atoms with van der Waals surface area (Å²) in [7, 11) is 2.05. The van der Waals surface area contributed by atoms with E-state index in [-0.39, 0.29) is 16.4 Å². The first-order chi connectivity index (χ1) is 16.7. The minimum atomic E-state index is -4.85. The number of thiazole rings is 1. The molecule has 9 nitrogen and oxygen atoms in total. The van der Waals surface area contributed by atoms with E-state index in [1.165, 1.54) is 23.5 Å². The molecule has 188 valence electrons. The predicted octanol–water partition coefficient (Wildman–Crippen LogP) is 3.78. The Bertz CT molecular complexity index is 1160. The molecule has 1 aliphatic heterocycles. The molecule has 14 heteroatoms. The molecule has 1 fully saturated rings. The van der Waals surface area contributed by atoms with Crippen LogP contribution in [0.2, 0.25) is 0 Å². The van der Waals surface area contributed by atoms with Crippen LogP contribution in [0.4, 0.5) is 24.0 Å². The molecule has 2 aromatic heterocycles. The third kappa shape index (κ3) is 7.10. The van der Waals surface area contributed by atoms with Gasteiger partial charge in [0.05, 0.1) is 5.69 Å². The fraction of sp³-hybridized carbons (Fsp3) is 0.429. The van der Waals surface area contributed by atoms with Gasteiger partial charge >= 0.3 is 6.36 Å². The zero-order valence-corrected chi connectivity index (χ0v) is 20.7. The van der Waals surface area contributed by atoms with Crippen molar-refractivity contribution < 1.29 is 22.7 Å². The number of ether oxygens (including phenoxy) is 1. The van der Waals surface area contributed by atoms with Gasteiger partial charge in [0.15, 0.2) is 15.8 Å². The first-order valence-electron chi connectivity index (χ1n) is 10.8. The van der Waals surface area contributed by atoms with Gasteiger partial charge in [0.1, 0.15) is 0 Å². The Morgan fingerprint density at radius 2 is 1.94 bits per heavy atom. The van der Waals surface area contributed by atoms with Crippen LogP contribution in [-0.4, -0.2) is 83.6 Å². The molecule has 0 saturated carbocycles. The Labute approximate surface area is 207 Å². The van der Waals surface area contributed by atoms with E-state index in [1.54, 1.807) is 0 Å². The molecule has 0 bridgehead atoms. The molecule has 1 saturated heterocycles. The Morgan fingerprint density at radius 3 is 2.63 bits per heavy atom. The summed E-state index contributed by atoms with van der Waals surface area (Å²) >= 11 is 2.58. The van der Waals surface area contributed by atoms with Gasteiger partial charge in [0, 0.05) is 55.9 Å². The number of nitrogens with zero attached hydrogens (tertiary/aromatic N) is 5. The monoisotopic (exact) mass is 527 g/mol.